The predicted molar refractivity (Wildman–Crippen MR) is 101 cm³/mol. The Morgan fingerprint density at radius 2 is 1.71 bits per heavy atom. The molecule has 0 unspecified atom stereocenters. The van der Waals surface area contributed by atoms with E-state index in [9.17, 15) is 9.90 Å². The van der Waals surface area contributed by atoms with E-state index >= 15 is 0 Å². The molecule has 0 radical (unpaired) electrons. The van der Waals surface area contributed by atoms with E-state index in [2.05, 4.69) is 6.92 Å². The molecule has 0 heterocycles. The average molecular weight is 345 g/mol. The van der Waals surface area contributed by atoms with Crippen LogP contribution in [0.25, 0.3) is 0 Å². The molecule has 0 atom stereocenters. The van der Waals surface area contributed by atoms with Gasteiger partial charge in [0.05, 0.1) is 6.54 Å². The summed E-state index contributed by atoms with van der Waals surface area (Å²) in [6.45, 7) is 2.65. The first-order valence-electron chi connectivity index (χ1n) is 8.74. The molecule has 2 N–H and O–H groups in total. The van der Waals surface area contributed by atoms with Gasteiger partial charge in [0.15, 0.2) is 0 Å². The molecule has 24 heavy (non-hydrogen) atoms. The van der Waals surface area contributed by atoms with E-state index in [-0.39, 0.29) is 41.9 Å². The summed E-state index contributed by atoms with van der Waals surface area (Å²) in [7, 11) is 1.75. The molecule has 0 saturated carbocycles. The van der Waals surface area contributed by atoms with Gasteiger partial charge in [0, 0.05) is 12.1 Å². The van der Waals surface area contributed by atoms with Crippen LogP contribution >= 0.6 is 0 Å². The van der Waals surface area contributed by atoms with Crippen molar-refractivity contribution in [3.63, 3.8) is 0 Å². The number of aliphatic carboxylic acids is 1. The third-order valence-corrected chi connectivity index (χ3v) is 4.06. The van der Waals surface area contributed by atoms with Crippen molar-refractivity contribution in [1.29, 1.82) is 0 Å². The van der Waals surface area contributed by atoms with Crippen molar-refractivity contribution < 1.29 is 15.0 Å². The fourth-order valence-corrected chi connectivity index (χ4v) is 2.78. The van der Waals surface area contributed by atoms with Crippen molar-refractivity contribution in [2.45, 2.75) is 64.8 Å². The predicted octanol–water partition coefficient (Wildman–Crippen LogP) is 3.55. The number of hydrogen-bond acceptors (Lipinski definition) is 3. The Kier molecular flexibility index (Phi) is 13.4. The van der Waals surface area contributed by atoms with Gasteiger partial charge in [-0.3, -0.25) is 9.69 Å². The van der Waals surface area contributed by atoms with Crippen LogP contribution in [0.4, 0.5) is 0 Å². The molecule has 0 aliphatic carbocycles. The van der Waals surface area contributed by atoms with Gasteiger partial charge in [-0.05, 0) is 31.5 Å². The molecule has 0 aromatic heterocycles. The number of hydrogen-bond donors (Lipinski definition) is 2. The van der Waals surface area contributed by atoms with Gasteiger partial charge in [-0.2, -0.15) is 0 Å². The Bertz CT molecular complexity index is 480. The molecule has 0 fully saturated rings. The average Bonchev–Trinajstić information content (AvgIpc) is 2.48. The topological polar surface area (TPSA) is 60.8 Å². The maximum absolute atomic E-state index is 10.7. The number of aromatic hydroxyl groups is 1. The fourth-order valence-electron chi connectivity index (χ4n) is 2.78. The molecule has 132 valence electrons. The summed E-state index contributed by atoms with van der Waals surface area (Å²) >= 11 is 0. The van der Waals surface area contributed by atoms with Crippen LogP contribution in [0.3, 0.4) is 0 Å². The number of aryl methyl sites for hydroxylation is 1. The summed E-state index contributed by atoms with van der Waals surface area (Å²) in [4.78, 5) is 12.4. The van der Waals surface area contributed by atoms with Crippen LogP contribution in [0.5, 0.6) is 5.75 Å². The molecule has 0 saturated heterocycles. The molecule has 0 aliphatic heterocycles. The molecule has 0 aliphatic rings. The van der Waals surface area contributed by atoms with Crippen LogP contribution in [0.15, 0.2) is 18.2 Å². The number of likely N-dealkylation sites (N-methyl/N-ethyl adjacent to an activating group) is 1. The SMILES string of the molecule is CCCCCCCCCc1ccc(O)c(CN(C)CC(=O)O)c1.[NaH]. The summed E-state index contributed by atoms with van der Waals surface area (Å²) in [6.07, 6.45) is 10.0. The minimum absolute atomic E-state index is 0. The number of nitrogens with zero attached hydrogens (tertiary/aromatic N) is 1. The Morgan fingerprint density at radius 1 is 1.08 bits per heavy atom. The van der Waals surface area contributed by atoms with E-state index in [0.717, 1.165) is 12.0 Å². The van der Waals surface area contributed by atoms with E-state index in [1.807, 2.05) is 12.1 Å². The van der Waals surface area contributed by atoms with Crippen molar-refractivity contribution >= 4 is 35.5 Å². The van der Waals surface area contributed by atoms with Crippen molar-refractivity contribution in [2.75, 3.05) is 13.6 Å². The van der Waals surface area contributed by atoms with Gasteiger partial charge in [0.25, 0.3) is 0 Å². The van der Waals surface area contributed by atoms with Gasteiger partial charge in [-0.25, -0.2) is 0 Å². The quantitative estimate of drug-likeness (QED) is 0.449. The first kappa shape index (κ1) is 23.4. The van der Waals surface area contributed by atoms with Gasteiger partial charge in [-0.15, -0.1) is 0 Å². The summed E-state index contributed by atoms with van der Waals surface area (Å²) in [5.74, 6) is -0.614. The molecule has 0 amide bonds. The number of carboxylic acid groups (broad SMARTS) is 1. The maximum atomic E-state index is 10.7. The van der Waals surface area contributed by atoms with Crippen LogP contribution in [0.1, 0.15) is 63.0 Å². The zero-order valence-electron chi connectivity index (χ0n) is 14.6. The summed E-state index contributed by atoms with van der Waals surface area (Å²) < 4.78 is 0. The second-order valence-corrected chi connectivity index (χ2v) is 6.40. The van der Waals surface area contributed by atoms with E-state index < -0.39 is 5.97 Å². The number of unbranched alkanes of at least 4 members (excludes halogenated alkanes) is 6. The molecule has 4 nitrogen and oxygen atoms in total. The number of carbonyl (C=O) groups is 1. The normalized spacial score (nSPS) is 10.6. The number of phenols is 1. The minimum atomic E-state index is -0.855. The molecule has 0 spiro atoms. The molecule has 0 bridgehead atoms. The van der Waals surface area contributed by atoms with E-state index in [1.165, 1.54) is 50.5 Å². The van der Waals surface area contributed by atoms with Crippen molar-refractivity contribution in [2.24, 2.45) is 0 Å². The van der Waals surface area contributed by atoms with Crippen LogP contribution < -0.4 is 0 Å². The van der Waals surface area contributed by atoms with E-state index in [1.54, 1.807) is 18.0 Å². The Labute approximate surface area is 168 Å². The number of carboxylic acids is 1. The van der Waals surface area contributed by atoms with Gasteiger partial charge in [0.1, 0.15) is 5.75 Å². The van der Waals surface area contributed by atoms with Gasteiger partial charge < -0.3 is 10.2 Å². The van der Waals surface area contributed by atoms with Crippen LogP contribution in [-0.4, -0.2) is 64.2 Å². The Balaban J connectivity index is 0.00000529. The Hall–Kier alpha value is -0.550. The summed E-state index contributed by atoms with van der Waals surface area (Å²) in [6, 6.07) is 5.69. The molecular formula is C19H32NNaO3. The number of rotatable bonds is 12. The van der Waals surface area contributed by atoms with Crippen LogP contribution in [0, 0.1) is 0 Å². The van der Waals surface area contributed by atoms with Crippen molar-refractivity contribution in [3.8, 4) is 5.75 Å². The molecular weight excluding hydrogens is 313 g/mol. The first-order valence-corrected chi connectivity index (χ1v) is 8.74. The molecule has 1 aromatic carbocycles. The molecule has 1 aromatic rings. The van der Waals surface area contributed by atoms with Crippen LogP contribution in [-0.2, 0) is 17.8 Å². The molecule has 1 rings (SSSR count). The second-order valence-electron chi connectivity index (χ2n) is 6.40. The first-order chi connectivity index (χ1) is 11.0. The third-order valence-electron chi connectivity index (χ3n) is 4.06. The van der Waals surface area contributed by atoms with Gasteiger partial charge in [0.2, 0.25) is 0 Å². The standard InChI is InChI=1S/C19H31NO3.Na.H/c1-3-4-5-6-7-8-9-10-16-11-12-18(21)17(13-16)14-20(2)15-19(22)23;;/h11-13,21H,3-10,14-15H2,1-2H3,(H,22,23);;. The third kappa shape index (κ3) is 10.3. The second kappa shape index (κ2) is 13.7. The zero-order chi connectivity index (χ0) is 17.1. The van der Waals surface area contributed by atoms with Crippen LogP contribution in [0.2, 0.25) is 0 Å². The van der Waals surface area contributed by atoms with Crippen molar-refractivity contribution in [1.82, 2.24) is 4.90 Å². The molecule has 5 heteroatoms. The summed E-state index contributed by atoms with van der Waals surface area (Å²) in [5.41, 5.74) is 2.02. The van der Waals surface area contributed by atoms with Crippen molar-refractivity contribution in [3.05, 3.63) is 29.3 Å². The Morgan fingerprint density at radius 3 is 2.33 bits per heavy atom. The van der Waals surface area contributed by atoms with Gasteiger partial charge in [-0.1, -0.05) is 57.6 Å². The monoisotopic (exact) mass is 345 g/mol. The van der Waals surface area contributed by atoms with E-state index in [0.29, 0.717) is 6.54 Å². The van der Waals surface area contributed by atoms with E-state index in [4.69, 9.17) is 5.11 Å². The van der Waals surface area contributed by atoms with Gasteiger partial charge >= 0.3 is 35.5 Å². The number of phenolic OH excluding ortho intramolecular Hbond substituents is 1. The summed E-state index contributed by atoms with van der Waals surface area (Å²) in [5, 5.41) is 18.7. The zero-order valence-corrected chi connectivity index (χ0v) is 14.6. The number of benzene rings is 1. The fraction of sp³-hybridized carbons (Fsp3) is 0.632.